The Morgan fingerprint density at radius 1 is 1.37 bits per heavy atom. The molecule has 0 spiro atoms. The lowest BCUT2D eigenvalue weighted by atomic mass is 10.1. The molecule has 0 unspecified atom stereocenters. The van der Waals surface area contributed by atoms with Crippen LogP contribution >= 0.6 is 0 Å². The second kappa shape index (κ2) is 6.05. The molecule has 0 aliphatic carbocycles. The number of aryl methyl sites for hydroxylation is 1. The van der Waals surface area contributed by atoms with E-state index in [1.165, 1.54) is 4.80 Å². The van der Waals surface area contributed by atoms with E-state index < -0.39 is 0 Å². The van der Waals surface area contributed by atoms with Crippen LogP contribution in [0, 0.1) is 6.92 Å². The average molecular weight is 261 g/mol. The van der Waals surface area contributed by atoms with Gasteiger partial charge in [0.05, 0.1) is 6.61 Å². The van der Waals surface area contributed by atoms with Crippen LogP contribution in [-0.2, 0) is 16.2 Å². The van der Waals surface area contributed by atoms with Crippen molar-refractivity contribution >= 4 is 5.91 Å². The van der Waals surface area contributed by atoms with E-state index in [-0.39, 0.29) is 12.5 Å². The fourth-order valence-electron chi connectivity index (χ4n) is 1.44. The summed E-state index contributed by atoms with van der Waals surface area (Å²) in [5, 5.41) is 11.9. The smallest absolute Gasteiger partial charge is 0.267 e. The lowest BCUT2D eigenvalue weighted by molar-refractivity contribution is -0.134. The number of benzene rings is 1. The number of nitrogens with zero attached hydrogens (tertiary/aromatic N) is 4. The van der Waals surface area contributed by atoms with E-state index in [1.54, 1.807) is 6.92 Å². The Bertz CT molecular complexity index is 550. The zero-order valence-corrected chi connectivity index (χ0v) is 10.8. The fourth-order valence-corrected chi connectivity index (χ4v) is 1.44. The van der Waals surface area contributed by atoms with Crippen molar-refractivity contribution in [2.75, 3.05) is 6.61 Å². The standard InChI is InChI=1S/C12H15N5O2/c1-3-19-15-11(18)8-17-14-12(13-16-17)10-6-4-9(2)5-7-10/h4-7H,3,8H2,1-2H3,(H,15,18). The van der Waals surface area contributed by atoms with E-state index in [9.17, 15) is 4.79 Å². The molecular formula is C12H15N5O2. The summed E-state index contributed by atoms with van der Waals surface area (Å²) in [6, 6.07) is 7.77. The third-order valence-electron chi connectivity index (χ3n) is 2.38. The van der Waals surface area contributed by atoms with Gasteiger partial charge in [-0.05, 0) is 19.1 Å². The van der Waals surface area contributed by atoms with E-state index in [1.807, 2.05) is 31.2 Å². The summed E-state index contributed by atoms with van der Waals surface area (Å²) >= 11 is 0. The first-order valence-corrected chi connectivity index (χ1v) is 5.94. The highest BCUT2D eigenvalue weighted by atomic mass is 16.6. The van der Waals surface area contributed by atoms with Crippen molar-refractivity contribution in [1.29, 1.82) is 0 Å². The quantitative estimate of drug-likeness (QED) is 0.802. The Balaban J connectivity index is 2.02. The van der Waals surface area contributed by atoms with Crippen molar-refractivity contribution < 1.29 is 9.63 Å². The number of amides is 1. The number of hydroxylamine groups is 1. The third kappa shape index (κ3) is 3.59. The van der Waals surface area contributed by atoms with Crippen molar-refractivity contribution in [2.24, 2.45) is 0 Å². The van der Waals surface area contributed by atoms with E-state index >= 15 is 0 Å². The molecule has 1 N–H and O–H groups in total. The van der Waals surface area contributed by atoms with Gasteiger partial charge in [-0.3, -0.25) is 9.63 Å². The van der Waals surface area contributed by atoms with Crippen LogP contribution in [0.3, 0.4) is 0 Å². The maximum atomic E-state index is 11.4. The van der Waals surface area contributed by atoms with Crippen LogP contribution in [0.2, 0.25) is 0 Å². The number of carbonyl (C=O) groups is 1. The van der Waals surface area contributed by atoms with Crippen molar-refractivity contribution in [3.63, 3.8) is 0 Å². The SMILES string of the molecule is CCONC(=O)Cn1nnc(-c2ccc(C)cc2)n1. The molecule has 0 fully saturated rings. The molecule has 1 aromatic heterocycles. The molecule has 1 heterocycles. The molecule has 7 heteroatoms. The second-order valence-electron chi connectivity index (χ2n) is 3.97. The molecule has 0 saturated carbocycles. The van der Waals surface area contributed by atoms with Gasteiger partial charge in [0.1, 0.15) is 6.54 Å². The first kappa shape index (κ1) is 13.2. The van der Waals surface area contributed by atoms with E-state index in [0.717, 1.165) is 11.1 Å². The predicted molar refractivity (Wildman–Crippen MR) is 67.8 cm³/mol. The molecule has 1 amide bonds. The van der Waals surface area contributed by atoms with Gasteiger partial charge in [0, 0.05) is 5.56 Å². The highest BCUT2D eigenvalue weighted by Crippen LogP contribution is 2.13. The first-order chi connectivity index (χ1) is 9.19. The number of hydrogen-bond acceptors (Lipinski definition) is 5. The molecule has 0 bridgehead atoms. The normalized spacial score (nSPS) is 10.4. The second-order valence-corrected chi connectivity index (χ2v) is 3.97. The van der Waals surface area contributed by atoms with Crippen molar-refractivity contribution in [3.05, 3.63) is 29.8 Å². The van der Waals surface area contributed by atoms with Crippen molar-refractivity contribution in [1.82, 2.24) is 25.7 Å². The minimum absolute atomic E-state index is 0.0289. The Morgan fingerprint density at radius 3 is 2.79 bits per heavy atom. The van der Waals surface area contributed by atoms with Gasteiger partial charge in [-0.2, -0.15) is 4.80 Å². The van der Waals surface area contributed by atoms with Crippen molar-refractivity contribution in [2.45, 2.75) is 20.4 Å². The van der Waals surface area contributed by atoms with Crippen molar-refractivity contribution in [3.8, 4) is 11.4 Å². The van der Waals surface area contributed by atoms with Gasteiger partial charge in [0.25, 0.3) is 5.91 Å². The molecule has 0 radical (unpaired) electrons. The number of aromatic nitrogens is 4. The van der Waals surface area contributed by atoms with Crippen LogP contribution in [-0.4, -0.2) is 32.7 Å². The molecule has 0 saturated heterocycles. The van der Waals surface area contributed by atoms with E-state index in [0.29, 0.717) is 12.4 Å². The number of hydrogen-bond donors (Lipinski definition) is 1. The predicted octanol–water partition coefficient (Wildman–Crippen LogP) is 0.716. The minimum atomic E-state index is -0.324. The van der Waals surface area contributed by atoms with Gasteiger partial charge in [-0.15, -0.1) is 10.2 Å². The lowest BCUT2D eigenvalue weighted by Crippen LogP contribution is -2.28. The number of tetrazole rings is 1. The zero-order chi connectivity index (χ0) is 13.7. The van der Waals surface area contributed by atoms with Gasteiger partial charge >= 0.3 is 0 Å². The van der Waals surface area contributed by atoms with Crippen LogP contribution < -0.4 is 5.48 Å². The molecular weight excluding hydrogens is 246 g/mol. The Morgan fingerprint density at radius 2 is 2.11 bits per heavy atom. The third-order valence-corrected chi connectivity index (χ3v) is 2.38. The Hall–Kier alpha value is -2.28. The maximum Gasteiger partial charge on any atom is 0.267 e. The topological polar surface area (TPSA) is 81.9 Å². The van der Waals surface area contributed by atoms with Crippen LogP contribution in [0.4, 0.5) is 0 Å². The largest absolute Gasteiger partial charge is 0.274 e. The lowest BCUT2D eigenvalue weighted by Gasteiger charge is -2.01. The molecule has 100 valence electrons. The summed E-state index contributed by atoms with van der Waals surface area (Å²) in [7, 11) is 0. The van der Waals surface area contributed by atoms with Crippen LogP contribution in [0.15, 0.2) is 24.3 Å². The summed E-state index contributed by atoms with van der Waals surface area (Å²) in [5.74, 6) is 0.166. The summed E-state index contributed by atoms with van der Waals surface area (Å²) in [4.78, 5) is 17.4. The van der Waals surface area contributed by atoms with Crippen LogP contribution in [0.5, 0.6) is 0 Å². The molecule has 2 rings (SSSR count). The summed E-state index contributed by atoms with van der Waals surface area (Å²) in [6.07, 6.45) is 0. The zero-order valence-electron chi connectivity index (χ0n) is 10.8. The Kier molecular flexibility index (Phi) is 4.19. The summed E-state index contributed by atoms with van der Waals surface area (Å²) < 4.78 is 0. The highest BCUT2D eigenvalue weighted by Gasteiger charge is 2.08. The molecule has 2 aromatic rings. The number of nitrogens with one attached hydrogen (secondary N) is 1. The number of carbonyl (C=O) groups excluding carboxylic acids is 1. The summed E-state index contributed by atoms with van der Waals surface area (Å²) in [5.41, 5.74) is 4.29. The van der Waals surface area contributed by atoms with Gasteiger partial charge in [0.2, 0.25) is 5.82 Å². The monoisotopic (exact) mass is 261 g/mol. The Labute approximate surface area is 110 Å². The van der Waals surface area contributed by atoms with Gasteiger partial charge in [0.15, 0.2) is 0 Å². The van der Waals surface area contributed by atoms with Crippen LogP contribution in [0.25, 0.3) is 11.4 Å². The van der Waals surface area contributed by atoms with Crippen LogP contribution in [0.1, 0.15) is 12.5 Å². The molecule has 0 aliphatic heterocycles. The number of rotatable bonds is 5. The van der Waals surface area contributed by atoms with Gasteiger partial charge in [-0.1, -0.05) is 29.8 Å². The van der Waals surface area contributed by atoms with Gasteiger partial charge < -0.3 is 0 Å². The summed E-state index contributed by atoms with van der Waals surface area (Å²) in [6.45, 7) is 4.17. The molecule has 0 atom stereocenters. The van der Waals surface area contributed by atoms with E-state index in [4.69, 9.17) is 4.84 Å². The highest BCUT2D eigenvalue weighted by molar-refractivity contribution is 5.74. The average Bonchev–Trinajstić information content (AvgIpc) is 2.85. The van der Waals surface area contributed by atoms with Gasteiger partial charge in [-0.25, -0.2) is 5.48 Å². The maximum absolute atomic E-state index is 11.4. The molecule has 0 aliphatic rings. The minimum Gasteiger partial charge on any atom is -0.274 e. The first-order valence-electron chi connectivity index (χ1n) is 5.94. The molecule has 7 nitrogen and oxygen atoms in total. The fraction of sp³-hybridized carbons (Fsp3) is 0.333. The molecule has 1 aromatic carbocycles. The van der Waals surface area contributed by atoms with E-state index in [2.05, 4.69) is 20.9 Å². The molecule has 19 heavy (non-hydrogen) atoms.